The highest BCUT2D eigenvalue weighted by Gasteiger charge is 2.13. The van der Waals surface area contributed by atoms with Gasteiger partial charge < -0.3 is 14.9 Å². The molecule has 0 atom stereocenters. The Morgan fingerprint density at radius 1 is 1.26 bits per heavy atom. The quantitative estimate of drug-likeness (QED) is 0.574. The van der Waals surface area contributed by atoms with Crippen molar-refractivity contribution in [3.63, 3.8) is 0 Å². The second-order valence-corrected chi connectivity index (χ2v) is 6.81. The fraction of sp³-hybridized carbons (Fsp3) is 0.278. The minimum atomic E-state index is 0.0196. The van der Waals surface area contributed by atoms with Gasteiger partial charge in [0.2, 0.25) is 4.77 Å². The Hall–Kier alpha value is -2.58. The lowest BCUT2D eigenvalue weighted by Gasteiger charge is -2.17. The van der Waals surface area contributed by atoms with Gasteiger partial charge in [-0.05, 0) is 49.8 Å². The summed E-state index contributed by atoms with van der Waals surface area (Å²) < 4.78 is 13.3. The molecule has 0 aliphatic heterocycles. The Labute approximate surface area is 167 Å². The van der Waals surface area contributed by atoms with Gasteiger partial charge in [-0.25, -0.2) is 9.77 Å². The highest BCUT2D eigenvalue weighted by Crippen LogP contribution is 2.34. The molecule has 9 heteroatoms. The van der Waals surface area contributed by atoms with E-state index in [-0.39, 0.29) is 6.10 Å². The number of benzene rings is 1. The second-order valence-electron chi connectivity index (χ2n) is 6.02. The van der Waals surface area contributed by atoms with E-state index in [2.05, 4.69) is 20.6 Å². The molecule has 2 aromatic heterocycles. The number of halogens is 1. The van der Waals surface area contributed by atoms with E-state index in [9.17, 15) is 0 Å². The molecule has 7 nitrogen and oxygen atoms in total. The van der Waals surface area contributed by atoms with Crippen molar-refractivity contribution in [2.75, 3.05) is 12.5 Å². The van der Waals surface area contributed by atoms with Crippen LogP contribution in [0.2, 0.25) is 5.02 Å². The summed E-state index contributed by atoms with van der Waals surface area (Å²) in [5.41, 5.74) is 4.97. The third-order valence-electron chi connectivity index (χ3n) is 3.73. The number of H-pyrrole nitrogens is 1. The summed E-state index contributed by atoms with van der Waals surface area (Å²) in [4.78, 5) is 4.02. The molecule has 0 radical (unpaired) electrons. The number of aromatic nitrogens is 4. The van der Waals surface area contributed by atoms with E-state index >= 15 is 0 Å². The summed E-state index contributed by atoms with van der Waals surface area (Å²) in [6, 6.07) is 7.33. The highest BCUT2D eigenvalue weighted by atomic mass is 35.5. The molecule has 0 saturated carbocycles. The fourth-order valence-electron chi connectivity index (χ4n) is 2.52. The van der Waals surface area contributed by atoms with Crippen molar-refractivity contribution < 1.29 is 9.47 Å². The zero-order valence-electron chi connectivity index (χ0n) is 15.2. The highest BCUT2D eigenvalue weighted by molar-refractivity contribution is 7.71. The van der Waals surface area contributed by atoms with Gasteiger partial charge >= 0.3 is 0 Å². The Balaban J connectivity index is 1.86. The van der Waals surface area contributed by atoms with E-state index in [1.165, 1.54) is 0 Å². The number of aromatic amines is 1. The van der Waals surface area contributed by atoms with E-state index in [4.69, 9.17) is 33.3 Å². The lowest BCUT2D eigenvalue weighted by Crippen LogP contribution is -2.16. The lowest BCUT2D eigenvalue weighted by molar-refractivity contribution is 0.230. The summed E-state index contributed by atoms with van der Waals surface area (Å²) in [5, 5.41) is 7.64. The van der Waals surface area contributed by atoms with Crippen molar-refractivity contribution in [2.45, 2.75) is 26.5 Å². The third-order valence-corrected chi connectivity index (χ3v) is 4.36. The van der Waals surface area contributed by atoms with Gasteiger partial charge in [0.15, 0.2) is 17.3 Å². The molecule has 0 fully saturated rings. The molecular formula is C18H20ClN5O2S. The normalized spacial score (nSPS) is 10.9. The third kappa shape index (κ3) is 4.40. The molecule has 1 aromatic carbocycles. The zero-order valence-corrected chi connectivity index (χ0v) is 16.8. The number of pyridine rings is 1. The number of hydrogen-bond donors (Lipinski definition) is 2. The zero-order chi connectivity index (χ0) is 19.4. The summed E-state index contributed by atoms with van der Waals surface area (Å²) in [7, 11) is 1.60. The van der Waals surface area contributed by atoms with Gasteiger partial charge in [0.05, 0.1) is 19.8 Å². The molecular weight excluding hydrogens is 386 g/mol. The molecule has 2 N–H and O–H groups in total. The second kappa shape index (κ2) is 8.41. The van der Waals surface area contributed by atoms with Gasteiger partial charge in [-0.2, -0.15) is 5.10 Å². The van der Waals surface area contributed by atoms with Crippen LogP contribution in [0, 0.1) is 4.77 Å². The number of hydrogen-bond acceptors (Lipinski definition) is 6. The standard InChI is InChI=1S/C18H20ClN5O2S/c1-11(2)26-16-9-14(19)13(8-15(16)25-3)10-21-24-17(22-23-18(24)27)12-4-6-20-7-5-12/h4-9,11,21H,10H2,1-3H3,(H,23,27). The number of nitrogens with zero attached hydrogens (tertiary/aromatic N) is 3. The van der Waals surface area contributed by atoms with Gasteiger partial charge in [0.1, 0.15) is 0 Å². The number of ether oxygens (including phenoxy) is 2. The lowest BCUT2D eigenvalue weighted by atomic mass is 10.2. The number of rotatable bonds is 7. The first-order chi connectivity index (χ1) is 13.0. The van der Waals surface area contributed by atoms with Crippen LogP contribution in [0.25, 0.3) is 11.4 Å². The van der Waals surface area contributed by atoms with Crippen LogP contribution >= 0.6 is 23.8 Å². The first kappa shape index (κ1) is 19.2. The first-order valence-electron chi connectivity index (χ1n) is 8.34. The number of nitrogens with one attached hydrogen (secondary N) is 2. The van der Waals surface area contributed by atoms with E-state index < -0.39 is 0 Å². The van der Waals surface area contributed by atoms with Crippen molar-refractivity contribution in [3.05, 3.63) is 52.0 Å². The van der Waals surface area contributed by atoms with Crippen LogP contribution < -0.4 is 14.9 Å². The largest absolute Gasteiger partial charge is 0.493 e. The van der Waals surface area contributed by atoms with Crippen molar-refractivity contribution >= 4 is 23.8 Å². The fourth-order valence-corrected chi connectivity index (χ4v) is 2.94. The SMILES string of the molecule is COc1cc(CNn2c(-c3ccncc3)n[nH]c2=S)c(Cl)cc1OC(C)C. The molecule has 0 saturated heterocycles. The van der Waals surface area contributed by atoms with Crippen LogP contribution in [0.1, 0.15) is 19.4 Å². The molecule has 0 amide bonds. The number of methoxy groups -OCH3 is 1. The summed E-state index contributed by atoms with van der Waals surface area (Å²) in [6.07, 6.45) is 3.42. The van der Waals surface area contributed by atoms with Crippen LogP contribution in [0.3, 0.4) is 0 Å². The maximum Gasteiger partial charge on any atom is 0.214 e. The van der Waals surface area contributed by atoms with Gasteiger partial charge in [-0.15, -0.1) is 0 Å². The summed E-state index contributed by atoms with van der Waals surface area (Å²) in [6.45, 7) is 4.32. The Morgan fingerprint density at radius 2 is 2.00 bits per heavy atom. The summed E-state index contributed by atoms with van der Waals surface area (Å²) >= 11 is 11.8. The minimum absolute atomic E-state index is 0.0196. The average molecular weight is 406 g/mol. The van der Waals surface area contributed by atoms with Crippen molar-refractivity contribution in [3.8, 4) is 22.9 Å². The van der Waals surface area contributed by atoms with Gasteiger partial charge in [-0.3, -0.25) is 4.98 Å². The molecule has 142 valence electrons. The molecule has 0 unspecified atom stereocenters. The van der Waals surface area contributed by atoms with Crippen LogP contribution in [0.4, 0.5) is 0 Å². The maximum absolute atomic E-state index is 6.44. The van der Waals surface area contributed by atoms with Crippen molar-refractivity contribution in [1.82, 2.24) is 19.9 Å². The van der Waals surface area contributed by atoms with E-state index in [0.29, 0.717) is 33.7 Å². The van der Waals surface area contributed by atoms with Crippen LogP contribution in [-0.4, -0.2) is 33.1 Å². The predicted octanol–water partition coefficient (Wildman–Crippen LogP) is 4.20. The van der Waals surface area contributed by atoms with Crippen LogP contribution in [0.15, 0.2) is 36.7 Å². The van der Waals surface area contributed by atoms with E-state index in [1.807, 2.05) is 32.0 Å². The monoisotopic (exact) mass is 405 g/mol. The topological polar surface area (TPSA) is 77.0 Å². The predicted molar refractivity (Wildman–Crippen MR) is 107 cm³/mol. The Bertz CT molecular complexity index is 972. The van der Waals surface area contributed by atoms with E-state index in [0.717, 1.165) is 11.1 Å². The maximum atomic E-state index is 6.44. The average Bonchev–Trinajstić information content (AvgIpc) is 3.02. The summed E-state index contributed by atoms with van der Waals surface area (Å²) in [5.74, 6) is 1.89. The van der Waals surface area contributed by atoms with Gasteiger partial charge in [-0.1, -0.05) is 11.6 Å². The molecule has 0 spiro atoms. The molecule has 0 aliphatic carbocycles. The molecule has 3 rings (SSSR count). The van der Waals surface area contributed by atoms with E-state index in [1.54, 1.807) is 30.2 Å². The molecule has 0 bridgehead atoms. The molecule has 3 aromatic rings. The smallest absolute Gasteiger partial charge is 0.214 e. The minimum Gasteiger partial charge on any atom is -0.493 e. The van der Waals surface area contributed by atoms with Gasteiger partial charge in [0, 0.05) is 29.0 Å². The Kier molecular flexibility index (Phi) is 5.98. The van der Waals surface area contributed by atoms with Crippen LogP contribution in [-0.2, 0) is 6.54 Å². The molecule has 27 heavy (non-hydrogen) atoms. The molecule has 2 heterocycles. The Morgan fingerprint density at radius 3 is 2.67 bits per heavy atom. The van der Waals surface area contributed by atoms with Crippen molar-refractivity contribution in [2.24, 2.45) is 0 Å². The van der Waals surface area contributed by atoms with Crippen LogP contribution in [0.5, 0.6) is 11.5 Å². The van der Waals surface area contributed by atoms with Crippen molar-refractivity contribution in [1.29, 1.82) is 0 Å². The first-order valence-corrected chi connectivity index (χ1v) is 9.13. The van der Waals surface area contributed by atoms with Gasteiger partial charge in [0.25, 0.3) is 0 Å². The molecule has 0 aliphatic rings.